The Morgan fingerprint density at radius 1 is 1.33 bits per heavy atom. The minimum atomic E-state index is -0.0843. The van der Waals surface area contributed by atoms with E-state index in [2.05, 4.69) is 31.8 Å². The van der Waals surface area contributed by atoms with Gasteiger partial charge in [0, 0.05) is 24.0 Å². The average molecular weight is 309 g/mol. The number of aromatic nitrogens is 2. The molecule has 0 aromatic carbocycles. The summed E-state index contributed by atoms with van der Waals surface area (Å²) in [6.07, 6.45) is 4.71. The molecule has 0 aliphatic carbocycles. The highest BCUT2D eigenvalue weighted by atomic mass is 32.1. The van der Waals surface area contributed by atoms with Crippen LogP contribution >= 0.6 is 11.5 Å². The number of nitrogens with one attached hydrogen (secondary N) is 1. The zero-order valence-corrected chi connectivity index (χ0v) is 13.3. The number of amides is 1. The Morgan fingerprint density at radius 3 is 2.86 bits per heavy atom. The molecule has 116 valence electrons. The molecule has 0 radical (unpaired) electrons. The number of nitrogens with zero attached hydrogens (tertiary/aromatic N) is 4. The summed E-state index contributed by atoms with van der Waals surface area (Å²) in [6, 6.07) is 0.925. The van der Waals surface area contributed by atoms with Gasteiger partial charge in [-0.15, -0.1) is 5.10 Å². The zero-order valence-electron chi connectivity index (χ0n) is 12.5. The van der Waals surface area contributed by atoms with E-state index >= 15 is 0 Å². The summed E-state index contributed by atoms with van der Waals surface area (Å²) in [7, 11) is 2.19. The Hall–Kier alpha value is -1.05. The van der Waals surface area contributed by atoms with Crippen LogP contribution in [0.1, 0.15) is 36.2 Å². The highest BCUT2D eigenvalue weighted by Crippen LogP contribution is 2.20. The fraction of sp³-hybridized carbons (Fsp3) is 0.786. The van der Waals surface area contributed by atoms with E-state index in [0.29, 0.717) is 11.7 Å². The van der Waals surface area contributed by atoms with E-state index in [1.54, 1.807) is 5.38 Å². The van der Waals surface area contributed by atoms with Crippen molar-refractivity contribution in [3.05, 3.63) is 11.1 Å². The maximum absolute atomic E-state index is 12.1. The van der Waals surface area contributed by atoms with Crippen LogP contribution < -0.4 is 5.32 Å². The maximum atomic E-state index is 12.1. The van der Waals surface area contributed by atoms with Crippen LogP contribution in [0.5, 0.6) is 0 Å². The highest BCUT2D eigenvalue weighted by molar-refractivity contribution is 7.03. The summed E-state index contributed by atoms with van der Waals surface area (Å²) in [5.74, 6) is -0.0843. The molecule has 2 aliphatic heterocycles. The van der Waals surface area contributed by atoms with E-state index in [9.17, 15) is 4.79 Å². The predicted molar refractivity (Wildman–Crippen MR) is 82.5 cm³/mol. The molecule has 0 saturated carbocycles. The van der Waals surface area contributed by atoms with Gasteiger partial charge >= 0.3 is 0 Å². The largest absolute Gasteiger partial charge is 0.347 e. The van der Waals surface area contributed by atoms with Crippen molar-refractivity contribution in [2.45, 2.75) is 37.8 Å². The van der Waals surface area contributed by atoms with Crippen LogP contribution in [0.2, 0.25) is 0 Å². The quantitative estimate of drug-likeness (QED) is 0.896. The SMILES string of the molecule is CN1CCC(N2CCC[C@@H](NC(=O)c3csnn3)C2)CC1. The van der Waals surface area contributed by atoms with Crippen LogP contribution in [0.3, 0.4) is 0 Å². The topological polar surface area (TPSA) is 61.4 Å². The molecule has 3 heterocycles. The van der Waals surface area contributed by atoms with Crippen molar-refractivity contribution in [1.82, 2.24) is 24.7 Å². The second-order valence-electron chi connectivity index (χ2n) is 6.13. The first-order valence-electron chi connectivity index (χ1n) is 7.73. The molecule has 1 aromatic heterocycles. The molecule has 2 saturated heterocycles. The number of piperidine rings is 2. The van der Waals surface area contributed by atoms with Gasteiger partial charge in [0.1, 0.15) is 0 Å². The van der Waals surface area contributed by atoms with Gasteiger partial charge in [-0.1, -0.05) is 4.49 Å². The predicted octanol–water partition coefficient (Wildman–Crippen LogP) is 0.826. The lowest BCUT2D eigenvalue weighted by atomic mass is 9.98. The molecule has 21 heavy (non-hydrogen) atoms. The molecule has 1 N–H and O–H groups in total. The fourth-order valence-corrected chi connectivity index (χ4v) is 3.78. The first-order chi connectivity index (χ1) is 10.2. The number of likely N-dealkylation sites (tertiary alicyclic amines) is 2. The lowest BCUT2D eigenvalue weighted by Crippen LogP contribution is -2.53. The third kappa shape index (κ3) is 3.78. The third-order valence-electron chi connectivity index (χ3n) is 4.59. The van der Waals surface area contributed by atoms with Gasteiger partial charge in [0.05, 0.1) is 0 Å². The molecule has 1 aromatic rings. The van der Waals surface area contributed by atoms with Gasteiger partial charge in [0.25, 0.3) is 5.91 Å². The third-order valence-corrected chi connectivity index (χ3v) is 5.09. The van der Waals surface area contributed by atoms with Crippen LogP contribution in [0.4, 0.5) is 0 Å². The Balaban J connectivity index is 1.52. The highest BCUT2D eigenvalue weighted by Gasteiger charge is 2.29. The smallest absolute Gasteiger partial charge is 0.272 e. The lowest BCUT2D eigenvalue weighted by molar-refractivity contribution is 0.0763. The van der Waals surface area contributed by atoms with Gasteiger partial charge in [-0.2, -0.15) is 0 Å². The number of hydrogen-bond donors (Lipinski definition) is 1. The monoisotopic (exact) mass is 309 g/mol. The summed E-state index contributed by atoms with van der Waals surface area (Å²) >= 11 is 1.22. The van der Waals surface area contributed by atoms with Crippen LogP contribution in [0.25, 0.3) is 0 Å². The summed E-state index contributed by atoms with van der Waals surface area (Å²) in [5.41, 5.74) is 0.441. The molecule has 6 nitrogen and oxygen atoms in total. The van der Waals surface area contributed by atoms with Gasteiger partial charge in [0.2, 0.25) is 0 Å². The van der Waals surface area contributed by atoms with Gasteiger partial charge in [-0.25, -0.2) is 0 Å². The van der Waals surface area contributed by atoms with Gasteiger partial charge in [0.15, 0.2) is 5.69 Å². The fourth-order valence-electron chi connectivity index (χ4n) is 3.34. The van der Waals surface area contributed by atoms with E-state index in [-0.39, 0.29) is 11.9 Å². The van der Waals surface area contributed by atoms with E-state index in [1.165, 1.54) is 44.0 Å². The van der Waals surface area contributed by atoms with Crippen molar-refractivity contribution in [3.8, 4) is 0 Å². The maximum Gasteiger partial charge on any atom is 0.272 e. The summed E-state index contributed by atoms with van der Waals surface area (Å²) in [6.45, 7) is 4.50. The lowest BCUT2D eigenvalue weighted by Gasteiger charge is -2.41. The van der Waals surface area contributed by atoms with Crippen molar-refractivity contribution in [2.24, 2.45) is 0 Å². The normalized spacial score (nSPS) is 25.9. The Bertz CT molecular complexity index is 458. The Labute approximate surface area is 129 Å². The first-order valence-corrected chi connectivity index (χ1v) is 8.56. The summed E-state index contributed by atoms with van der Waals surface area (Å²) in [5, 5.41) is 8.65. The van der Waals surface area contributed by atoms with E-state index in [1.807, 2.05) is 0 Å². The number of hydrogen-bond acceptors (Lipinski definition) is 6. The van der Waals surface area contributed by atoms with Crippen LogP contribution in [-0.4, -0.2) is 70.6 Å². The molecular weight excluding hydrogens is 286 g/mol. The Kier molecular flexibility index (Phi) is 4.82. The molecule has 7 heteroatoms. The molecule has 2 aliphatic rings. The zero-order chi connectivity index (χ0) is 14.7. The number of carbonyl (C=O) groups is 1. The number of carbonyl (C=O) groups excluding carboxylic acids is 1. The van der Waals surface area contributed by atoms with Crippen LogP contribution in [0.15, 0.2) is 5.38 Å². The van der Waals surface area contributed by atoms with E-state index < -0.39 is 0 Å². The minimum absolute atomic E-state index is 0.0843. The van der Waals surface area contributed by atoms with Crippen molar-refractivity contribution in [1.29, 1.82) is 0 Å². The molecule has 1 atom stereocenters. The van der Waals surface area contributed by atoms with Crippen LogP contribution in [0, 0.1) is 0 Å². The van der Waals surface area contributed by atoms with Gasteiger partial charge < -0.3 is 10.2 Å². The van der Waals surface area contributed by atoms with Gasteiger partial charge in [-0.3, -0.25) is 9.69 Å². The molecule has 3 rings (SSSR count). The van der Waals surface area contributed by atoms with Crippen LogP contribution in [-0.2, 0) is 0 Å². The van der Waals surface area contributed by atoms with Crippen molar-refractivity contribution < 1.29 is 4.79 Å². The molecule has 2 fully saturated rings. The average Bonchev–Trinajstić information content (AvgIpc) is 3.02. The molecule has 0 bridgehead atoms. The first kappa shape index (κ1) is 14.9. The molecular formula is C14H23N5OS. The summed E-state index contributed by atoms with van der Waals surface area (Å²) < 4.78 is 3.75. The minimum Gasteiger partial charge on any atom is -0.347 e. The second-order valence-corrected chi connectivity index (χ2v) is 6.74. The van der Waals surface area contributed by atoms with Crippen molar-refractivity contribution >= 4 is 17.4 Å². The number of rotatable bonds is 3. The van der Waals surface area contributed by atoms with Crippen molar-refractivity contribution in [2.75, 3.05) is 33.2 Å². The second kappa shape index (κ2) is 6.81. The van der Waals surface area contributed by atoms with Gasteiger partial charge in [-0.05, 0) is 63.9 Å². The molecule has 1 amide bonds. The summed E-state index contributed by atoms with van der Waals surface area (Å²) in [4.78, 5) is 17.0. The van der Waals surface area contributed by atoms with E-state index in [4.69, 9.17) is 0 Å². The molecule has 0 unspecified atom stereocenters. The van der Waals surface area contributed by atoms with E-state index in [0.717, 1.165) is 19.4 Å². The molecule has 0 spiro atoms. The van der Waals surface area contributed by atoms with Crippen molar-refractivity contribution in [3.63, 3.8) is 0 Å². The standard InChI is InChI=1S/C14H23N5OS/c1-18-7-4-12(5-8-18)19-6-2-3-11(9-19)15-14(20)13-10-21-17-16-13/h10-12H,2-9H2,1H3,(H,15,20)/t11-/m1/s1. The Morgan fingerprint density at radius 2 is 2.14 bits per heavy atom.